The minimum atomic E-state index is -0.0737. The highest BCUT2D eigenvalue weighted by molar-refractivity contribution is 8.26. The first-order valence-corrected chi connectivity index (χ1v) is 12.4. The number of para-hydroxylation sites is 1. The van der Waals surface area contributed by atoms with Crippen molar-refractivity contribution >= 4 is 40.3 Å². The van der Waals surface area contributed by atoms with Gasteiger partial charge < -0.3 is 9.47 Å². The van der Waals surface area contributed by atoms with Gasteiger partial charge in [-0.25, -0.2) is 4.68 Å². The van der Waals surface area contributed by atoms with Gasteiger partial charge in [0.2, 0.25) is 0 Å². The van der Waals surface area contributed by atoms with Gasteiger partial charge in [-0.2, -0.15) is 5.10 Å². The van der Waals surface area contributed by atoms with Crippen molar-refractivity contribution in [1.29, 1.82) is 0 Å². The topological polar surface area (TPSA) is 56.6 Å². The van der Waals surface area contributed by atoms with Gasteiger partial charge in [-0.3, -0.25) is 9.69 Å². The molecular formula is C26H25N3O3S2. The summed E-state index contributed by atoms with van der Waals surface area (Å²) in [5.74, 6) is 0.718. The highest BCUT2D eigenvalue weighted by Gasteiger charge is 2.35. The summed E-state index contributed by atoms with van der Waals surface area (Å²) in [5.41, 5.74) is 4.62. The molecule has 2 saturated heterocycles. The SMILES string of the molecule is COc1ccc(-c2nn(-c3ccccc3)cc2/C=C2/SC(=S)N(C[C@H]3CCCO3)C2=O)c(C)c1. The van der Waals surface area contributed by atoms with E-state index < -0.39 is 0 Å². The fraction of sp³-hybridized carbons (Fsp3) is 0.269. The van der Waals surface area contributed by atoms with Crippen LogP contribution in [0, 0.1) is 6.92 Å². The Balaban J connectivity index is 1.54. The molecule has 3 heterocycles. The lowest BCUT2D eigenvalue weighted by Gasteiger charge is -2.18. The number of rotatable bonds is 6. The van der Waals surface area contributed by atoms with E-state index in [9.17, 15) is 4.79 Å². The number of ether oxygens (including phenoxy) is 2. The first-order valence-electron chi connectivity index (χ1n) is 11.2. The van der Waals surface area contributed by atoms with Crippen LogP contribution in [0.2, 0.25) is 0 Å². The van der Waals surface area contributed by atoms with Crippen molar-refractivity contribution in [1.82, 2.24) is 14.7 Å². The van der Waals surface area contributed by atoms with Gasteiger partial charge in [-0.15, -0.1) is 0 Å². The van der Waals surface area contributed by atoms with E-state index in [1.165, 1.54) is 11.8 Å². The molecule has 34 heavy (non-hydrogen) atoms. The summed E-state index contributed by atoms with van der Waals surface area (Å²) in [6.45, 7) is 3.29. The van der Waals surface area contributed by atoms with Crippen LogP contribution in [0.25, 0.3) is 23.0 Å². The Morgan fingerprint density at radius 1 is 1.26 bits per heavy atom. The molecule has 8 heteroatoms. The lowest BCUT2D eigenvalue weighted by atomic mass is 10.0. The van der Waals surface area contributed by atoms with E-state index in [2.05, 4.69) is 0 Å². The van der Waals surface area contributed by atoms with Gasteiger partial charge in [0.25, 0.3) is 5.91 Å². The molecule has 6 nitrogen and oxygen atoms in total. The molecule has 0 spiro atoms. The number of hydrogen-bond acceptors (Lipinski definition) is 6. The van der Waals surface area contributed by atoms with Gasteiger partial charge in [0, 0.05) is 23.9 Å². The summed E-state index contributed by atoms with van der Waals surface area (Å²) >= 11 is 6.87. The van der Waals surface area contributed by atoms with Gasteiger partial charge >= 0.3 is 0 Å². The molecule has 0 saturated carbocycles. The second-order valence-electron chi connectivity index (χ2n) is 8.32. The summed E-state index contributed by atoms with van der Waals surface area (Å²) in [5, 5.41) is 4.90. The number of carbonyl (C=O) groups is 1. The van der Waals surface area contributed by atoms with Crippen LogP contribution >= 0.6 is 24.0 Å². The van der Waals surface area contributed by atoms with E-state index >= 15 is 0 Å². The molecule has 2 aliphatic rings. The average Bonchev–Trinajstić information content (AvgIpc) is 3.57. The number of methoxy groups -OCH3 is 1. The number of aromatic nitrogens is 2. The lowest BCUT2D eigenvalue weighted by Crippen LogP contribution is -2.35. The number of carbonyl (C=O) groups excluding carboxylic acids is 1. The number of aryl methyl sites for hydroxylation is 1. The first-order chi connectivity index (χ1) is 16.5. The predicted octanol–water partition coefficient (Wildman–Crippen LogP) is 5.24. The third kappa shape index (κ3) is 4.53. The van der Waals surface area contributed by atoms with E-state index in [1.807, 2.05) is 72.4 Å². The maximum atomic E-state index is 13.2. The fourth-order valence-electron chi connectivity index (χ4n) is 4.23. The van der Waals surface area contributed by atoms with Gasteiger partial charge in [0.15, 0.2) is 0 Å². The summed E-state index contributed by atoms with van der Waals surface area (Å²) in [4.78, 5) is 15.5. The molecule has 0 radical (unpaired) electrons. The van der Waals surface area contributed by atoms with Crippen LogP contribution in [-0.4, -0.2) is 51.3 Å². The van der Waals surface area contributed by atoms with Crippen molar-refractivity contribution in [3.63, 3.8) is 0 Å². The molecule has 3 aromatic rings. The van der Waals surface area contributed by atoms with Crippen LogP contribution in [0.5, 0.6) is 5.75 Å². The zero-order valence-electron chi connectivity index (χ0n) is 19.1. The van der Waals surface area contributed by atoms with Crippen LogP contribution < -0.4 is 4.74 Å². The second-order valence-corrected chi connectivity index (χ2v) is 10.00. The smallest absolute Gasteiger partial charge is 0.266 e. The highest BCUT2D eigenvalue weighted by atomic mass is 32.2. The third-order valence-electron chi connectivity index (χ3n) is 6.02. The Labute approximate surface area is 208 Å². The Kier molecular flexibility index (Phi) is 6.54. The van der Waals surface area contributed by atoms with Crippen molar-refractivity contribution in [3.05, 3.63) is 70.8 Å². The zero-order valence-corrected chi connectivity index (χ0v) is 20.7. The lowest BCUT2D eigenvalue weighted by molar-refractivity contribution is -0.123. The largest absolute Gasteiger partial charge is 0.497 e. The predicted molar refractivity (Wildman–Crippen MR) is 139 cm³/mol. The molecule has 1 atom stereocenters. The summed E-state index contributed by atoms with van der Waals surface area (Å²) < 4.78 is 13.5. The molecule has 1 amide bonds. The minimum Gasteiger partial charge on any atom is -0.497 e. The Morgan fingerprint density at radius 3 is 2.79 bits per heavy atom. The number of hydrogen-bond donors (Lipinski definition) is 0. The number of thioether (sulfide) groups is 1. The molecule has 0 N–H and O–H groups in total. The maximum Gasteiger partial charge on any atom is 0.266 e. The summed E-state index contributed by atoms with van der Waals surface area (Å²) in [6, 6.07) is 15.9. The van der Waals surface area contributed by atoms with Gasteiger partial charge in [-0.1, -0.05) is 42.2 Å². The van der Waals surface area contributed by atoms with Crippen molar-refractivity contribution in [2.45, 2.75) is 25.9 Å². The molecule has 2 aliphatic heterocycles. The third-order valence-corrected chi connectivity index (χ3v) is 7.40. The average molecular weight is 492 g/mol. The van der Waals surface area contributed by atoms with Crippen molar-refractivity contribution in [2.24, 2.45) is 0 Å². The van der Waals surface area contributed by atoms with E-state index in [0.717, 1.165) is 53.3 Å². The van der Waals surface area contributed by atoms with Crippen LogP contribution in [0.4, 0.5) is 0 Å². The van der Waals surface area contributed by atoms with Crippen molar-refractivity contribution in [2.75, 3.05) is 20.3 Å². The van der Waals surface area contributed by atoms with Crippen LogP contribution in [0.3, 0.4) is 0 Å². The molecule has 2 aromatic carbocycles. The van der Waals surface area contributed by atoms with E-state index in [1.54, 1.807) is 12.0 Å². The summed E-state index contributed by atoms with van der Waals surface area (Å²) in [7, 11) is 1.66. The number of benzene rings is 2. The van der Waals surface area contributed by atoms with Gasteiger partial charge in [-0.05, 0) is 61.7 Å². The van der Waals surface area contributed by atoms with Crippen LogP contribution in [0.15, 0.2) is 59.6 Å². The Bertz CT molecular complexity index is 1260. The Hall–Kier alpha value is -2.94. The molecule has 0 aliphatic carbocycles. The fourth-order valence-corrected chi connectivity index (χ4v) is 5.50. The van der Waals surface area contributed by atoms with Crippen molar-refractivity contribution < 1.29 is 14.3 Å². The molecule has 1 aromatic heterocycles. The molecule has 174 valence electrons. The molecule has 5 rings (SSSR count). The standard InChI is InChI=1S/C26H25N3O3S2/c1-17-13-20(31-2)10-11-22(17)24-18(15-29(27-24)19-7-4-3-5-8-19)14-23-25(30)28(26(33)34-23)16-21-9-6-12-32-21/h3-5,7-8,10-11,13-15,21H,6,9,12,16H2,1-2H3/b23-14+/t21-/m1/s1. The normalized spacial score (nSPS) is 19.4. The zero-order chi connectivity index (χ0) is 23.7. The summed E-state index contributed by atoms with van der Waals surface area (Å²) in [6.07, 6.45) is 5.90. The second kappa shape index (κ2) is 9.74. The molecule has 0 unspecified atom stereocenters. The van der Waals surface area contributed by atoms with Gasteiger partial charge in [0.1, 0.15) is 15.8 Å². The molecular weight excluding hydrogens is 466 g/mol. The van der Waals surface area contributed by atoms with Gasteiger partial charge in [0.05, 0.1) is 30.4 Å². The minimum absolute atomic E-state index is 0.0557. The van der Waals surface area contributed by atoms with Crippen LogP contribution in [0.1, 0.15) is 24.0 Å². The quantitative estimate of drug-likeness (QED) is 0.347. The van der Waals surface area contributed by atoms with E-state index in [4.69, 9.17) is 26.8 Å². The van der Waals surface area contributed by atoms with Crippen LogP contribution in [-0.2, 0) is 9.53 Å². The number of thiocarbonyl (C=S) groups is 1. The maximum absolute atomic E-state index is 13.2. The number of amides is 1. The molecule has 2 fully saturated rings. The number of nitrogens with zero attached hydrogens (tertiary/aromatic N) is 3. The van der Waals surface area contributed by atoms with E-state index in [0.29, 0.717) is 15.8 Å². The monoisotopic (exact) mass is 491 g/mol. The Morgan fingerprint density at radius 2 is 2.09 bits per heavy atom. The molecule has 0 bridgehead atoms. The van der Waals surface area contributed by atoms with E-state index in [-0.39, 0.29) is 12.0 Å². The first kappa shape index (κ1) is 22.8. The highest BCUT2D eigenvalue weighted by Crippen LogP contribution is 2.36. The van der Waals surface area contributed by atoms with Crippen molar-refractivity contribution in [3.8, 4) is 22.7 Å².